The first kappa shape index (κ1) is 15.5. The third-order valence-corrected chi connectivity index (χ3v) is 2.80. The zero-order valence-electron chi connectivity index (χ0n) is 11.4. The van der Waals surface area contributed by atoms with Gasteiger partial charge in [-0.3, -0.25) is 14.4 Å². The van der Waals surface area contributed by atoms with Gasteiger partial charge in [-0.15, -0.1) is 0 Å². The summed E-state index contributed by atoms with van der Waals surface area (Å²) >= 11 is 0. The Bertz CT molecular complexity index is 351. The van der Waals surface area contributed by atoms with Crippen molar-refractivity contribution in [2.45, 2.75) is 45.8 Å². The SMILES string of the molecule is CC(=O)OC[C@@H]1CC(OC(C)=O)C[CH]C1OC(C)=O. The number of carbonyl (C=O) groups excluding carboxylic acids is 3. The van der Waals surface area contributed by atoms with Crippen LogP contribution in [0.4, 0.5) is 0 Å². The molecular weight excluding hydrogens is 252 g/mol. The van der Waals surface area contributed by atoms with Crippen molar-refractivity contribution in [2.24, 2.45) is 5.92 Å². The largest absolute Gasteiger partial charge is 0.465 e. The molecular formula is C13H19O6. The molecule has 1 aliphatic carbocycles. The van der Waals surface area contributed by atoms with E-state index in [0.717, 1.165) is 0 Å². The Labute approximate surface area is 112 Å². The summed E-state index contributed by atoms with van der Waals surface area (Å²) in [6, 6.07) is 0. The first-order valence-corrected chi connectivity index (χ1v) is 6.19. The van der Waals surface area contributed by atoms with Gasteiger partial charge in [-0.05, 0) is 12.8 Å². The molecule has 107 valence electrons. The maximum absolute atomic E-state index is 11.0. The average molecular weight is 271 g/mol. The highest BCUT2D eigenvalue weighted by Crippen LogP contribution is 2.29. The van der Waals surface area contributed by atoms with Crippen LogP contribution in [0.15, 0.2) is 0 Å². The van der Waals surface area contributed by atoms with E-state index in [4.69, 9.17) is 14.2 Å². The van der Waals surface area contributed by atoms with Crippen LogP contribution in [-0.4, -0.2) is 36.7 Å². The number of hydrogen-bond donors (Lipinski definition) is 0. The number of ether oxygens (including phenoxy) is 3. The normalized spacial score (nSPS) is 26.4. The number of carbonyl (C=O) groups is 3. The van der Waals surface area contributed by atoms with Gasteiger partial charge in [-0.2, -0.15) is 0 Å². The number of esters is 3. The molecule has 0 aliphatic heterocycles. The molecule has 2 unspecified atom stereocenters. The fraction of sp³-hybridized carbons (Fsp3) is 0.692. The van der Waals surface area contributed by atoms with Crippen molar-refractivity contribution < 1.29 is 28.6 Å². The lowest BCUT2D eigenvalue weighted by atomic mass is 9.85. The van der Waals surface area contributed by atoms with Crippen LogP contribution in [0.25, 0.3) is 0 Å². The molecule has 1 radical (unpaired) electrons. The van der Waals surface area contributed by atoms with E-state index in [1.165, 1.54) is 20.8 Å². The van der Waals surface area contributed by atoms with E-state index < -0.39 is 12.1 Å². The second-order valence-electron chi connectivity index (χ2n) is 4.58. The highest BCUT2D eigenvalue weighted by atomic mass is 16.6. The van der Waals surface area contributed by atoms with Crippen LogP contribution in [0.1, 0.15) is 33.6 Å². The summed E-state index contributed by atoms with van der Waals surface area (Å²) in [5.41, 5.74) is 0. The molecule has 0 amide bonds. The summed E-state index contributed by atoms with van der Waals surface area (Å²) in [6.45, 7) is 4.13. The minimum atomic E-state index is -0.413. The van der Waals surface area contributed by atoms with Gasteiger partial charge in [0.15, 0.2) is 0 Å². The summed E-state index contributed by atoms with van der Waals surface area (Å²) in [5, 5.41) is 0. The van der Waals surface area contributed by atoms with Crippen LogP contribution in [0, 0.1) is 12.3 Å². The monoisotopic (exact) mass is 271 g/mol. The summed E-state index contributed by atoms with van der Waals surface area (Å²) in [7, 11) is 0. The number of hydrogen-bond acceptors (Lipinski definition) is 6. The third-order valence-electron chi connectivity index (χ3n) is 2.80. The predicted molar refractivity (Wildman–Crippen MR) is 64.8 cm³/mol. The van der Waals surface area contributed by atoms with Crippen molar-refractivity contribution in [1.29, 1.82) is 0 Å². The van der Waals surface area contributed by atoms with Gasteiger partial charge in [0, 0.05) is 33.1 Å². The van der Waals surface area contributed by atoms with Gasteiger partial charge in [0.1, 0.15) is 12.2 Å². The van der Waals surface area contributed by atoms with E-state index >= 15 is 0 Å². The maximum Gasteiger partial charge on any atom is 0.302 e. The minimum absolute atomic E-state index is 0.140. The lowest BCUT2D eigenvalue weighted by Crippen LogP contribution is -2.39. The lowest BCUT2D eigenvalue weighted by Gasteiger charge is -2.34. The van der Waals surface area contributed by atoms with Crippen molar-refractivity contribution in [2.75, 3.05) is 6.61 Å². The van der Waals surface area contributed by atoms with E-state index in [9.17, 15) is 14.4 Å². The van der Waals surface area contributed by atoms with Gasteiger partial charge in [0.2, 0.25) is 0 Å². The number of rotatable bonds is 4. The average Bonchev–Trinajstić information content (AvgIpc) is 2.27. The molecule has 19 heavy (non-hydrogen) atoms. The molecule has 0 N–H and O–H groups in total. The van der Waals surface area contributed by atoms with Crippen molar-refractivity contribution in [3.8, 4) is 0 Å². The van der Waals surface area contributed by atoms with E-state index in [1.54, 1.807) is 6.42 Å². The minimum Gasteiger partial charge on any atom is -0.465 e. The molecule has 0 saturated heterocycles. The Morgan fingerprint density at radius 2 is 1.68 bits per heavy atom. The second-order valence-corrected chi connectivity index (χ2v) is 4.58. The Hall–Kier alpha value is -1.59. The fourth-order valence-electron chi connectivity index (χ4n) is 2.10. The van der Waals surface area contributed by atoms with Crippen LogP contribution in [0.5, 0.6) is 0 Å². The molecule has 0 bridgehead atoms. The summed E-state index contributed by atoms with van der Waals surface area (Å²) < 4.78 is 15.2. The predicted octanol–water partition coefficient (Wildman–Crippen LogP) is 1.03. The highest BCUT2D eigenvalue weighted by molar-refractivity contribution is 5.67. The molecule has 1 fully saturated rings. The van der Waals surface area contributed by atoms with Gasteiger partial charge >= 0.3 is 17.9 Å². The topological polar surface area (TPSA) is 78.9 Å². The quantitative estimate of drug-likeness (QED) is 0.561. The smallest absolute Gasteiger partial charge is 0.302 e. The summed E-state index contributed by atoms with van der Waals surface area (Å²) in [4.78, 5) is 32.8. The van der Waals surface area contributed by atoms with Crippen molar-refractivity contribution in [3.63, 3.8) is 0 Å². The molecule has 1 saturated carbocycles. The zero-order valence-corrected chi connectivity index (χ0v) is 11.4. The molecule has 0 spiro atoms. The molecule has 6 heteroatoms. The molecule has 3 atom stereocenters. The van der Waals surface area contributed by atoms with Crippen molar-refractivity contribution in [1.82, 2.24) is 0 Å². The molecule has 1 aliphatic rings. The Morgan fingerprint density at radius 3 is 2.21 bits per heavy atom. The van der Waals surface area contributed by atoms with Gasteiger partial charge in [-0.1, -0.05) is 0 Å². The van der Waals surface area contributed by atoms with Crippen molar-refractivity contribution in [3.05, 3.63) is 6.42 Å². The summed E-state index contributed by atoms with van der Waals surface area (Å²) in [5.74, 6) is -1.32. The van der Waals surface area contributed by atoms with Crippen LogP contribution in [-0.2, 0) is 28.6 Å². The van der Waals surface area contributed by atoms with E-state index in [1.807, 2.05) is 0 Å². The van der Waals surface area contributed by atoms with Gasteiger partial charge in [0.05, 0.1) is 6.61 Å². The van der Waals surface area contributed by atoms with Gasteiger partial charge < -0.3 is 14.2 Å². The zero-order chi connectivity index (χ0) is 14.4. The maximum atomic E-state index is 11.0. The second kappa shape index (κ2) is 7.11. The van der Waals surface area contributed by atoms with E-state index in [-0.39, 0.29) is 30.6 Å². The summed E-state index contributed by atoms with van der Waals surface area (Å²) in [6.07, 6.45) is 2.13. The van der Waals surface area contributed by atoms with Gasteiger partial charge in [-0.25, -0.2) is 0 Å². The first-order valence-electron chi connectivity index (χ1n) is 6.19. The molecule has 0 aromatic heterocycles. The van der Waals surface area contributed by atoms with Crippen LogP contribution in [0.3, 0.4) is 0 Å². The molecule has 1 rings (SSSR count). The van der Waals surface area contributed by atoms with E-state index in [2.05, 4.69) is 0 Å². The Kier molecular flexibility index (Phi) is 5.79. The fourth-order valence-corrected chi connectivity index (χ4v) is 2.10. The van der Waals surface area contributed by atoms with E-state index in [0.29, 0.717) is 12.8 Å². The molecule has 0 aromatic rings. The standard InChI is InChI=1S/C13H19O6/c1-8(14)17-7-11-6-12(18-9(2)15)4-5-13(11)19-10(3)16/h5,11-13H,4,6-7H2,1-3H3/t11-,12?,13?/m0/s1. The van der Waals surface area contributed by atoms with Crippen LogP contribution in [0.2, 0.25) is 0 Å². The lowest BCUT2D eigenvalue weighted by molar-refractivity contribution is -0.160. The molecule has 6 nitrogen and oxygen atoms in total. The first-order chi connectivity index (χ1) is 8.88. The Morgan fingerprint density at radius 1 is 1.05 bits per heavy atom. The highest BCUT2D eigenvalue weighted by Gasteiger charge is 2.35. The van der Waals surface area contributed by atoms with Crippen molar-refractivity contribution >= 4 is 17.9 Å². The van der Waals surface area contributed by atoms with Crippen LogP contribution >= 0.6 is 0 Å². The van der Waals surface area contributed by atoms with Gasteiger partial charge in [0.25, 0.3) is 0 Å². The molecule has 0 aromatic carbocycles. The van der Waals surface area contributed by atoms with Crippen LogP contribution < -0.4 is 0 Å². The Balaban J connectivity index is 2.59. The molecule has 0 heterocycles. The third kappa shape index (κ3) is 5.72.